The molecule has 0 aromatic heterocycles. The van der Waals surface area contributed by atoms with Gasteiger partial charge in [0.05, 0.1) is 0 Å². The van der Waals surface area contributed by atoms with Gasteiger partial charge in [0.15, 0.2) is 0 Å². The molecule has 0 N–H and O–H groups in total. The number of rotatable bonds is 6. The fourth-order valence-corrected chi connectivity index (χ4v) is 1.57. The lowest BCUT2D eigenvalue weighted by molar-refractivity contribution is 0.780. The molecule has 0 radical (unpaired) electrons. The first-order valence-corrected chi connectivity index (χ1v) is 7.13. The van der Waals surface area contributed by atoms with Crippen LogP contribution in [0.4, 0.5) is 0 Å². The summed E-state index contributed by atoms with van der Waals surface area (Å²) in [7, 11) is 0.373. The molecule has 0 saturated carbocycles. The summed E-state index contributed by atoms with van der Waals surface area (Å²) >= 11 is 11.2. The van der Waals surface area contributed by atoms with Gasteiger partial charge in [-0.2, -0.15) is 0 Å². The van der Waals surface area contributed by atoms with E-state index in [0.29, 0.717) is 13.9 Å². The van der Waals surface area contributed by atoms with Gasteiger partial charge in [-0.05, 0) is 38.1 Å². The molecule has 0 bridgehead atoms. The summed E-state index contributed by atoms with van der Waals surface area (Å²) in [5.41, 5.74) is 1.36. The van der Waals surface area contributed by atoms with E-state index in [2.05, 4.69) is 26.0 Å². The van der Waals surface area contributed by atoms with Crippen LogP contribution in [0.1, 0.15) is 26.7 Å². The third-order valence-corrected chi connectivity index (χ3v) is 2.66. The van der Waals surface area contributed by atoms with E-state index in [-0.39, 0.29) is 0 Å². The Bertz CT molecular complexity index is 174. The SMILES string of the molecule is CC(C)C(/C=C\PCl)=C/CCCCl. The van der Waals surface area contributed by atoms with Crippen molar-refractivity contribution >= 4 is 30.8 Å². The maximum absolute atomic E-state index is 5.60. The highest BCUT2D eigenvalue weighted by molar-refractivity contribution is 7.71. The number of allylic oxidation sites excluding steroid dienone is 3. The van der Waals surface area contributed by atoms with Gasteiger partial charge in [0, 0.05) is 5.88 Å². The van der Waals surface area contributed by atoms with E-state index in [4.69, 9.17) is 22.8 Å². The standard InChI is InChI=1S/C10H17Cl2P/c1-9(2)10(6-8-13-12)5-3-4-7-11/h5-6,8-9,13H,3-4,7H2,1-2H3/b8-6-,10-5+. The number of unbranched alkanes of at least 4 members (excludes halogenated alkanes) is 1. The van der Waals surface area contributed by atoms with Crippen LogP contribution in [-0.4, -0.2) is 5.88 Å². The average molecular weight is 239 g/mol. The Hall–Kier alpha value is 0.490. The van der Waals surface area contributed by atoms with Crippen LogP contribution in [-0.2, 0) is 0 Å². The van der Waals surface area contributed by atoms with Crippen molar-refractivity contribution in [2.45, 2.75) is 26.7 Å². The van der Waals surface area contributed by atoms with Crippen LogP contribution in [0.5, 0.6) is 0 Å². The molecule has 0 nitrogen and oxygen atoms in total. The van der Waals surface area contributed by atoms with Gasteiger partial charge in [-0.1, -0.05) is 37.2 Å². The van der Waals surface area contributed by atoms with Gasteiger partial charge in [0.25, 0.3) is 0 Å². The molecule has 3 heteroatoms. The van der Waals surface area contributed by atoms with Crippen molar-refractivity contribution in [3.63, 3.8) is 0 Å². The highest BCUT2D eigenvalue weighted by Gasteiger charge is 1.97. The lowest BCUT2D eigenvalue weighted by Gasteiger charge is -2.05. The molecule has 13 heavy (non-hydrogen) atoms. The molecule has 0 aromatic rings. The summed E-state index contributed by atoms with van der Waals surface area (Å²) in [6.07, 6.45) is 6.48. The maximum atomic E-state index is 5.60. The molecular formula is C10H17Cl2P. The third kappa shape index (κ3) is 7.55. The number of halogens is 2. The van der Waals surface area contributed by atoms with Crippen LogP contribution in [0, 0.1) is 5.92 Å². The number of alkyl halides is 1. The van der Waals surface area contributed by atoms with Gasteiger partial charge in [-0.25, -0.2) is 0 Å². The van der Waals surface area contributed by atoms with Crippen LogP contribution in [0.25, 0.3) is 0 Å². The molecule has 0 saturated heterocycles. The molecule has 0 aliphatic carbocycles. The Morgan fingerprint density at radius 3 is 2.62 bits per heavy atom. The molecule has 1 atom stereocenters. The molecule has 0 aliphatic rings. The van der Waals surface area contributed by atoms with Crippen molar-refractivity contribution in [1.82, 2.24) is 0 Å². The zero-order chi connectivity index (χ0) is 10.1. The summed E-state index contributed by atoms with van der Waals surface area (Å²) in [5.74, 6) is 3.32. The molecule has 0 spiro atoms. The molecular weight excluding hydrogens is 222 g/mol. The predicted octanol–water partition coefficient (Wildman–Crippen LogP) is 4.93. The lowest BCUT2D eigenvalue weighted by Crippen LogP contribution is -1.90. The van der Waals surface area contributed by atoms with Crippen LogP contribution in [0.3, 0.4) is 0 Å². The number of hydrogen-bond acceptors (Lipinski definition) is 0. The summed E-state index contributed by atoms with van der Waals surface area (Å²) in [6.45, 7) is 4.38. The average Bonchev–Trinajstić information content (AvgIpc) is 2.10. The molecule has 0 rings (SSSR count). The predicted molar refractivity (Wildman–Crippen MR) is 66.2 cm³/mol. The van der Waals surface area contributed by atoms with Gasteiger partial charge in [-0.3, -0.25) is 0 Å². The fourth-order valence-electron chi connectivity index (χ4n) is 0.970. The Kier molecular flexibility index (Phi) is 9.40. The Labute approximate surface area is 93.0 Å². The van der Waals surface area contributed by atoms with Crippen LogP contribution in [0.15, 0.2) is 23.5 Å². The van der Waals surface area contributed by atoms with E-state index < -0.39 is 0 Å². The summed E-state index contributed by atoms with van der Waals surface area (Å²) in [6, 6.07) is 0. The van der Waals surface area contributed by atoms with Crippen molar-refractivity contribution < 1.29 is 0 Å². The van der Waals surface area contributed by atoms with E-state index in [0.717, 1.165) is 18.7 Å². The molecule has 0 fully saturated rings. The molecule has 0 aliphatic heterocycles. The monoisotopic (exact) mass is 238 g/mol. The molecule has 76 valence electrons. The van der Waals surface area contributed by atoms with Crippen LogP contribution in [0.2, 0.25) is 0 Å². The van der Waals surface area contributed by atoms with Crippen molar-refractivity contribution in [3.8, 4) is 0 Å². The second-order valence-electron chi connectivity index (χ2n) is 3.13. The lowest BCUT2D eigenvalue weighted by atomic mass is 10.0. The topological polar surface area (TPSA) is 0 Å². The Morgan fingerprint density at radius 1 is 1.46 bits per heavy atom. The normalized spacial score (nSPS) is 14.1. The smallest absolute Gasteiger partial charge is 0.0226 e. The fraction of sp³-hybridized carbons (Fsp3) is 0.600. The molecule has 0 heterocycles. The largest absolute Gasteiger partial charge is 0.127 e. The quantitative estimate of drug-likeness (QED) is 0.266. The zero-order valence-electron chi connectivity index (χ0n) is 8.19. The Morgan fingerprint density at radius 2 is 2.15 bits per heavy atom. The minimum Gasteiger partial charge on any atom is -0.127 e. The third-order valence-electron chi connectivity index (χ3n) is 1.72. The second kappa shape index (κ2) is 9.06. The van der Waals surface area contributed by atoms with Crippen LogP contribution >= 0.6 is 30.8 Å². The maximum Gasteiger partial charge on any atom is 0.0226 e. The zero-order valence-corrected chi connectivity index (χ0v) is 10.7. The summed E-state index contributed by atoms with van der Waals surface area (Å²) < 4.78 is 0. The first-order valence-electron chi connectivity index (χ1n) is 4.51. The van der Waals surface area contributed by atoms with Gasteiger partial charge >= 0.3 is 0 Å². The second-order valence-corrected chi connectivity index (χ2v) is 4.72. The first kappa shape index (κ1) is 13.5. The van der Waals surface area contributed by atoms with Gasteiger partial charge in [-0.15, -0.1) is 11.6 Å². The van der Waals surface area contributed by atoms with E-state index in [1.807, 2.05) is 5.82 Å². The van der Waals surface area contributed by atoms with Crippen molar-refractivity contribution in [2.75, 3.05) is 5.88 Å². The molecule has 0 amide bonds. The van der Waals surface area contributed by atoms with Crippen LogP contribution < -0.4 is 0 Å². The summed E-state index contributed by atoms with van der Waals surface area (Å²) in [5, 5.41) is 0. The van der Waals surface area contributed by atoms with Gasteiger partial charge in [0.1, 0.15) is 0 Å². The van der Waals surface area contributed by atoms with E-state index in [1.54, 1.807) is 0 Å². The summed E-state index contributed by atoms with van der Waals surface area (Å²) in [4.78, 5) is 0. The Balaban J connectivity index is 4.07. The van der Waals surface area contributed by atoms with Gasteiger partial charge < -0.3 is 0 Å². The van der Waals surface area contributed by atoms with E-state index in [1.165, 1.54) is 5.57 Å². The van der Waals surface area contributed by atoms with Gasteiger partial charge in [0.2, 0.25) is 0 Å². The van der Waals surface area contributed by atoms with Crippen molar-refractivity contribution in [3.05, 3.63) is 23.5 Å². The highest BCUT2D eigenvalue weighted by atomic mass is 35.7. The molecule has 0 aromatic carbocycles. The highest BCUT2D eigenvalue weighted by Crippen LogP contribution is 2.21. The van der Waals surface area contributed by atoms with E-state index in [9.17, 15) is 0 Å². The van der Waals surface area contributed by atoms with Crippen molar-refractivity contribution in [2.24, 2.45) is 5.92 Å². The first-order chi connectivity index (χ1) is 6.22. The minimum atomic E-state index is 0.373. The minimum absolute atomic E-state index is 0.373. The van der Waals surface area contributed by atoms with Crippen molar-refractivity contribution in [1.29, 1.82) is 0 Å². The number of hydrogen-bond donors (Lipinski definition) is 0. The molecule has 1 unspecified atom stereocenters. The van der Waals surface area contributed by atoms with E-state index >= 15 is 0 Å².